The van der Waals surface area contributed by atoms with E-state index in [0.717, 1.165) is 37.8 Å². The van der Waals surface area contributed by atoms with Crippen LogP contribution < -0.4 is 14.8 Å². The van der Waals surface area contributed by atoms with Gasteiger partial charge in [-0.15, -0.1) is 12.4 Å². The first-order valence-corrected chi connectivity index (χ1v) is 7.31. The van der Waals surface area contributed by atoms with Gasteiger partial charge in [0.05, 0.1) is 13.2 Å². The predicted molar refractivity (Wildman–Crippen MR) is 85.1 cm³/mol. The van der Waals surface area contributed by atoms with Crippen molar-refractivity contribution < 1.29 is 9.47 Å². The van der Waals surface area contributed by atoms with E-state index in [1.807, 2.05) is 24.3 Å². The summed E-state index contributed by atoms with van der Waals surface area (Å²) in [7, 11) is 0. The summed E-state index contributed by atoms with van der Waals surface area (Å²) in [4.78, 5) is 0. The van der Waals surface area contributed by atoms with E-state index in [-0.39, 0.29) is 12.4 Å². The minimum atomic E-state index is 0. The second-order valence-corrected chi connectivity index (χ2v) is 5.67. The van der Waals surface area contributed by atoms with E-state index in [2.05, 4.69) is 19.2 Å². The molecule has 0 bridgehead atoms. The Hall–Kier alpha value is -0.930. The van der Waals surface area contributed by atoms with E-state index in [1.54, 1.807) is 0 Å². The van der Waals surface area contributed by atoms with Gasteiger partial charge in [-0.25, -0.2) is 0 Å². The minimum Gasteiger partial charge on any atom is -0.489 e. The third-order valence-corrected chi connectivity index (χ3v) is 3.29. The molecule has 1 aromatic carbocycles. The largest absolute Gasteiger partial charge is 0.489 e. The van der Waals surface area contributed by atoms with Crippen molar-refractivity contribution in [1.29, 1.82) is 0 Å². The van der Waals surface area contributed by atoms with Gasteiger partial charge >= 0.3 is 0 Å². The quantitative estimate of drug-likeness (QED) is 0.872. The SMILES string of the molecule is CC(C)COc1ccccc1OCC1CCCNC1.Cl. The van der Waals surface area contributed by atoms with Gasteiger partial charge in [0, 0.05) is 12.5 Å². The van der Waals surface area contributed by atoms with Gasteiger partial charge in [-0.2, -0.15) is 0 Å². The molecule has 1 atom stereocenters. The van der Waals surface area contributed by atoms with E-state index < -0.39 is 0 Å². The third kappa shape index (κ3) is 5.59. The maximum Gasteiger partial charge on any atom is 0.161 e. The fourth-order valence-electron chi connectivity index (χ4n) is 2.22. The first-order valence-electron chi connectivity index (χ1n) is 7.31. The van der Waals surface area contributed by atoms with E-state index >= 15 is 0 Å². The highest BCUT2D eigenvalue weighted by Crippen LogP contribution is 2.27. The van der Waals surface area contributed by atoms with Crippen LogP contribution in [-0.4, -0.2) is 26.3 Å². The summed E-state index contributed by atoms with van der Waals surface area (Å²) >= 11 is 0. The lowest BCUT2D eigenvalue weighted by Gasteiger charge is -2.23. The molecule has 0 aromatic heterocycles. The lowest BCUT2D eigenvalue weighted by molar-refractivity contribution is 0.201. The Balaban J connectivity index is 0.00000200. The lowest BCUT2D eigenvalue weighted by Crippen LogP contribution is -2.33. The molecule has 1 aliphatic heterocycles. The molecule has 1 fully saturated rings. The number of ether oxygens (including phenoxy) is 2. The van der Waals surface area contributed by atoms with Crippen LogP contribution in [0.25, 0.3) is 0 Å². The molecule has 3 nitrogen and oxygen atoms in total. The number of hydrogen-bond donors (Lipinski definition) is 1. The average Bonchev–Trinajstić information content (AvgIpc) is 2.45. The maximum atomic E-state index is 5.94. The number of halogens is 1. The maximum absolute atomic E-state index is 5.94. The number of nitrogens with one attached hydrogen (secondary N) is 1. The van der Waals surface area contributed by atoms with Gasteiger partial charge in [0.25, 0.3) is 0 Å². The van der Waals surface area contributed by atoms with E-state index in [4.69, 9.17) is 9.47 Å². The summed E-state index contributed by atoms with van der Waals surface area (Å²) in [5, 5.41) is 3.41. The summed E-state index contributed by atoms with van der Waals surface area (Å²) < 4.78 is 11.7. The van der Waals surface area contributed by atoms with E-state index in [9.17, 15) is 0 Å². The van der Waals surface area contributed by atoms with Crippen molar-refractivity contribution in [3.63, 3.8) is 0 Å². The van der Waals surface area contributed by atoms with Crippen LogP contribution >= 0.6 is 12.4 Å². The van der Waals surface area contributed by atoms with Crippen LogP contribution in [0.15, 0.2) is 24.3 Å². The van der Waals surface area contributed by atoms with Crippen LogP contribution in [-0.2, 0) is 0 Å². The zero-order chi connectivity index (χ0) is 13.5. The molecule has 1 saturated heterocycles. The van der Waals surface area contributed by atoms with Crippen molar-refractivity contribution in [2.75, 3.05) is 26.3 Å². The zero-order valence-electron chi connectivity index (χ0n) is 12.4. The van der Waals surface area contributed by atoms with Gasteiger partial charge in [0.2, 0.25) is 0 Å². The molecule has 1 aliphatic rings. The minimum absolute atomic E-state index is 0. The molecule has 0 amide bonds. The second kappa shape index (κ2) is 9.09. The summed E-state index contributed by atoms with van der Waals surface area (Å²) in [5.74, 6) is 2.87. The highest BCUT2D eigenvalue weighted by molar-refractivity contribution is 5.85. The molecule has 0 radical (unpaired) electrons. The normalized spacial score (nSPS) is 18.4. The standard InChI is InChI=1S/C16H25NO2.ClH/c1-13(2)11-18-15-7-3-4-8-16(15)19-12-14-6-5-9-17-10-14;/h3-4,7-8,13-14,17H,5-6,9-12H2,1-2H3;1H. The van der Waals surface area contributed by atoms with Gasteiger partial charge < -0.3 is 14.8 Å². The first kappa shape index (κ1) is 17.1. The molecule has 0 spiro atoms. The lowest BCUT2D eigenvalue weighted by atomic mass is 10.0. The summed E-state index contributed by atoms with van der Waals surface area (Å²) in [6.45, 7) is 8.01. The number of piperidine rings is 1. The van der Waals surface area contributed by atoms with Crippen LogP contribution in [0, 0.1) is 11.8 Å². The highest BCUT2D eigenvalue weighted by atomic mass is 35.5. The Labute approximate surface area is 128 Å². The number of para-hydroxylation sites is 2. The average molecular weight is 300 g/mol. The summed E-state index contributed by atoms with van der Waals surface area (Å²) in [6.07, 6.45) is 2.50. The summed E-state index contributed by atoms with van der Waals surface area (Å²) in [6, 6.07) is 7.96. The molecule has 4 heteroatoms. The number of hydrogen-bond acceptors (Lipinski definition) is 3. The summed E-state index contributed by atoms with van der Waals surface area (Å²) in [5.41, 5.74) is 0. The van der Waals surface area contributed by atoms with Crippen molar-refractivity contribution in [1.82, 2.24) is 5.32 Å². The molecule has 2 rings (SSSR count). The van der Waals surface area contributed by atoms with Crippen molar-refractivity contribution in [2.45, 2.75) is 26.7 Å². The van der Waals surface area contributed by atoms with Crippen LogP contribution in [0.1, 0.15) is 26.7 Å². The molecular formula is C16H26ClNO2. The molecule has 1 N–H and O–H groups in total. The first-order chi connectivity index (χ1) is 9.25. The Kier molecular flexibility index (Phi) is 7.78. The molecule has 20 heavy (non-hydrogen) atoms. The van der Waals surface area contributed by atoms with Crippen molar-refractivity contribution >= 4 is 12.4 Å². The van der Waals surface area contributed by atoms with Crippen molar-refractivity contribution in [3.05, 3.63) is 24.3 Å². The number of benzene rings is 1. The topological polar surface area (TPSA) is 30.5 Å². The highest BCUT2D eigenvalue weighted by Gasteiger charge is 2.14. The third-order valence-electron chi connectivity index (χ3n) is 3.29. The van der Waals surface area contributed by atoms with E-state index in [0.29, 0.717) is 11.8 Å². The zero-order valence-corrected chi connectivity index (χ0v) is 13.2. The monoisotopic (exact) mass is 299 g/mol. The molecule has 1 aromatic rings. The van der Waals surface area contributed by atoms with Gasteiger partial charge in [0.1, 0.15) is 0 Å². The fourth-order valence-corrected chi connectivity index (χ4v) is 2.22. The van der Waals surface area contributed by atoms with Gasteiger partial charge in [-0.05, 0) is 37.4 Å². The molecular weight excluding hydrogens is 274 g/mol. The Morgan fingerprint density at radius 3 is 2.50 bits per heavy atom. The van der Waals surface area contributed by atoms with Gasteiger partial charge in [-0.1, -0.05) is 26.0 Å². The Morgan fingerprint density at radius 1 is 1.20 bits per heavy atom. The molecule has 0 aliphatic carbocycles. The molecule has 1 unspecified atom stereocenters. The molecule has 0 saturated carbocycles. The van der Waals surface area contributed by atoms with Crippen LogP contribution in [0.4, 0.5) is 0 Å². The second-order valence-electron chi connectivity index (χ2n) is 5.67. The van der Waals surface area contributed by atoms with Crippen molar-refractivity contribution in [2.24, 2.45) is 11.8 Å². The fraction of sp³-hybridized carbons (Fsp3) is 0.625. The van der Waals surface area contributed by atoms with Crippen LogP contribution in [0.5, 0.6) is 11.5 Å². The van der Waals surface area contributed by atoms with Gasteiger partial charge in [0.15, 0.2) is 11.5 Å². The van der Waals surface area contributed by atoms with Crippen molar-refractivity contribution in [3.8, 4) is 11.5 Å². The van der Waals surface area contributed by atoms with Crippen LogP contribution in [0.2, 0.25) is 0 Å². The van der Waals surface area contributed by atoms with Crippen LogP contribution in [0.3, 0.4) is 0 Å². The van der Waals surface area contributed by atoms with E-state index in [1.165, 1.54) is 12.8 Å². The predicted octanol–water partition coefficient (Wildman–Crippen LogP) is 3.52. The van der Waals surface area contributed by atoms with Gasteiger partial charge in [-0.3, -0.25) is 0 Å². The Morgan fingerprint density at radius 2 is 1.90 bits per heavy atom. The number of rotatable bonds is 6. The molecule has 114 valence electrons. The smallest absolute Gasteiger partial charge is 0.161 e. The molecule has 1 heterocycles. The Bertz CT molecular complexity index is 378.